The van der Waals surface area contributed by atoms with Gasteiger partial charge in [-0.05, 0) is 61.9 Å². The first-order valence-corrected chi connectivity index (χ1v) is 12.7. The van der Waals surface area contributed by atoms with E-state index in [1.165, 1.54) is 12.1 Å². The van der Waals surface area contributed by atoms with Gasteiger partial charge in [-0.2, -0.15) is 18.4 Å². The Labute approximate surface area is 199 Å². The van der Waals surface area contributed by atoms with Gasteiger partial charge in [0, 0.05) is 17.5 Å². The zero-order valence-electron chi connectivity index (χ0n) is 19.7. The van der Waals surface area contributed by atoms with Gasteiger partial charge in [0.15, 0.2) is 0 Å². The van der Waals surface area contributed by atoms with Crippen LogP contribution in [-0.2, 0) is 16.4 Å². The summed E-state index contributed by atoms with van der Waals surface area (Å²) in [5.41, 5.74) is 3.73. The van der Waals surface area contributed by atoms with Gasteiger partial charge in [0.1, 0.15) is 11.5 Å². The molecule has 0 unspecified atom stereocenters. The molecule has 1 aromatic heterocycles. The lowest BCUT2D eigenvalue weighted by Crippen LogP contribution is -2.22. The number of hydrogen-bond acceptors (Lipinski definition) is 6. The Kier molecular flexibility index (Phi) is 6.61. The Morgan fingerprint density at radius 3 is 2.53 bits per heavy atom. The van der Waals surface area contributed by atoms with Gasteiger partial charge in [-0.25, -0.2) is 4.79 Å². The quantitative estimate of drug-likeness (QED) is 0.295. The molecule has 0 spiro atoms. The zero-order valence-corrected chi connectivity index (χ0v) is 20.5. The molecule has 1 aliphatic rings. The van der Waals surface area contributed by atoms with Crippen molar-refractivity contribution < 1.29 is 22.4 Å². The maximum Gasteiger partial charge on any atom is 0.379 e. The van der Waals surface area contributed by atoms with Gasteiger partial charge in [-0.15, -0.1) is 0 Å². The van der Waals surface area contributed by atoms with E-state index in [2.05, 4.69) is 9.93 Å². The molecular formula is C26H28N2O5S. The first kappa shape index (κ1) is 23.8. The van der Waals surface area contributed by atoms with Crippen LogP contribution < -0.4 is 9.57 Å². The molecule has 0 aliphatic heterocycles. The molecule has 0 fully saturated rings. The summed E-state index contributed by atoms with van der Waals surface area (Å²) < 4.78 is 36.8. The van der Waals surface area contributed by atoms with Crippen LogP contribution in [0.5, 0.6) is 5.75 Å². The number of carbonyl (C=O) groups is 1. The fourth-order valence-electron chi connectivity index (χ4n) is 4.10. The van der Waals surface area contributed by atoms with E-state index >= 15 is 0 Å². The van der Waals surface area contributed by atoms with E-state index < -0.39 is 16.0 Å². The summed E-state index contributed by atoms with van der Waals surface area (Å²) >= 11 is 0. The minimum absolute atomic E-state index is 0.113. The van der Waals surface area contributed by atoms with Crippen LogP contribution in [0.4, 0.5) is 0 Å². The minimum Gasteiger partial charge on any atom is -0.453 e. The summed E-state index contributed by atoms with van der Waals surface area (Å²) in [6.07, 6.45) is 1.93. The first-order chi connectivity index (χ1) is 16.2. The summed E-state index contributed by atoms with van der Waals surface area (Å²) in [4.78, 5) is 15.5. The van der Waals surface area contributed by atoms with Crippen molar-refractivity contribution in [1.29, 1.82) is 0 Å². The summed E-state index contributed by atoms with van der Waals surface area (Å²) in [5, 5.41) is 4.21. The molecule has 2 aromatic carbocycles. The average Bonchev–Trinajstić information content (AvgIpc) is 3.15. The van der Waals surface area contributed by atoms with Crippen LogP contribution >= 0.6 is 0 Å². The van der Waals surface area contributed by atoms with Crippen molar-refractivity contribution in [3.05, 3.63) is 82.3 Å². The molecule has 0 bridgehead atoms. The lowest BCUT2D eigenvalue weighted by atomic mass is 9.93. The molecule has 34 heavy (non-hydrogen) atoms. The Morgan fingerprint density at radius 1 is 1.09 bits per heavy atom. The number of rotatable bonds is 6. The van der Waals surface area contributed by atoms with Crippen molar-refractivity contribution >= 4 is 21.7 Å². The average molecular weight is 481 g/mol. The van der Waals surface area contributed by atoms with Crippen LogP contribution in [0.25, 0.3) is 0 Å². The number of hydrogen-bond donors (Lipinski definition) is 1. The van der Waals surface area contributed by atoms with Crippen LogP contribution in [0, 0.1) is 13.8 Å². The van der Waals surface area contributed by atoms with Gasteiger partial charge < -0.3 is 9.15 Å². The fourth-order valence-corrected chi connectivity index (χ4v) is 4.95. The molecule has 0 saturated heterocycles. The van der Waals surface area contributed by atoms with Gasteiger partial charge in [-0.1, -0.05) is 44.2 Å². The molecule has 1 aliphatic carbocycles. The number of benzene rings is 2. The molecule has 1 heterocycles. The molecule has 8 heteroatoms. The minimum atomic E-state index is -3.80. The Hall–Kier alpha value is -3.39. The zero-order chi connectivity index (χ0) is 24.5. The molecule has 3 aromatic rings. The van der Waals surface area contributed by atoms with E-state index in [0.717, 1.165) is 17.5 Å². The van der Waals surface area contributed by atoms with Crippen LogP contribution in [0.3, 0.4) is 0 Å². The predicted molar refractivity (Wildman–Crippen MR) is 130 cm³/mol. The molecular weight excluding hydrogens is 452 g/mol. The second kappa shape index (κ2) is 9.46. The van der Waals surface area contributed by atoms with Gasteiger partial charge in [0.2, 0.25) is 5.76 Å². The summed E-state index contributed by atoms with van der Waals surface area (Å²) in [7, 11) is -3.80. The monoisotopic (exact) mass is 480 g/mol. The number of furan rings is 1. The van der Waals surface area contributed by atoms with Gasteiger partial charge >= 0.3 is 5.97 Å². The molecule has 0 amide bonds. The number of esters is 1. The Morgan fingerprint density at radius 2 is 1.82 bits per heavy atom. The van der Waals surface area contributed by atoms with Crippen molar-refractivity contribution in [2.24, 2.45) is 5.10 Å². The van der Waals surface area contributed by atoms with E-state index in [9.17, 15) is 13.2 Å². The van der Waals surface area contributed by atoms with E-state index in [1.54, 1.807) is 25.1 Å². The number of hydrazone groups is 1. The smallest absolute Gasteiger partial charge is 0.379 e. The van der Waals surface area contributed by atoms with E-state index in [1.807, 2.05) is 39.0 Å². The molecule has 1 N–H and O–H groups in total. The third-order valence-electron chi connectivity index (χ3n) is 5.86. The van der Waals surface area contributed by atoms with E-state index in [0.29, 0.717) is 41.2 Å². The normalized spacial score (nSPS) is 14.8. The van der Waals surface area contributed by atoms with Crippen LogP contribution in [-0.4, -0.2) is 20.1 Å². The van der Waals surface area contributed by atoms with E-state index in [4.69, 9.17) is 9.15 Å². The van der Waals surface area contributed by atoms with Crippen molar-refractivity contribution in [1.82, 2.24) is 4.83 Å². The maximum absolute atomic E-state index is 13.1. The number of carbonyl (C=O) groups excluding carboxylic acids is 1. The highest BCUT2D eigenvalue weighted by Gasteiger charge is 2.30. The standard InChI is InChI=1S/C26H28N2O5S/c1-16(2)20-14-13-17(3)15-23(20)33-26(29)25-18(4)24-21(11-8-12-22(24)32-25)27-28-34(30,31)19-9-6-5-7-10-19/h5-7,9-10,13-16,28H,8,11-12H2,1-4H3/b27-21+. The predicted octanol–water partition coefficient (Wildman–Crippen LogP) is 5.26. The number of fused-ring (bicyclic) bond motifs is 1. The Balaban J connectivity index is 1.63. The number of aryl methyl sites for hydroxylation is 2. The highest BCUT2D eigenvalue weighted by Crippen LogP contribution is 2.32. The number of nitrogens with zero attached hydrogens (tertiary/aromatic N) is 1. The topological polar surface area (TPSA) is 98.0 Å². The third-order valence-corrected chi connectivity index (χ3v) is 7.08. The summed E-state index contributed by atoms with van der Waals surface area (Å²) in [6.45, 7) is 7.79. The first-order valence-electron chi connectivity index (χ1n) is 11.3. The molecule has 7 nitrogen and oxygen atoms in total. The lowest BCUT2D eigenvalue weighted by molar-refractivity contribution is 0.0696. The van der Waals surface area contributed by atoms with Crippen LogP contribution in [0.1, 0.15) is 71.2 Å². The van der Waals surface area contributed by atoms with Gasteiger partial charge in [0.05, 0.1) is 10.6 Å². The fraction of sp³-hybridized carbons (Fsp3) is 0.308. The summed E-state index contributed by atoms with van der Waals surface area (Å²) in [5.74, 6) is 0.844. The molecule has 178 valence electrons. The maximum atomic E-state index is 13.1. The number of ether oxygens (including phenoxy) is 1. The highest BCUT2D eigenvalue weighted by molar-refractivity contribution is 7.89. The third kappa shape index (κ3) is 4.77. The highest BCUT2D eigenvalue weighted by atomic mass is 32.2. The number of nitrogens with one attached hydrogen (secondary N) is 1. The van der Waals surface area contributed by atoms with Crippen LogP contribution in [0.2, 0.25) is 0 Å². The SMILES string of the molecule is Cc1ccc(C(C)C)c(OC(=O)c2oc3c(c2C)/C(=N/NS(=O)(=O)c2ccccc2)CCC3)c1. The van der Waals surface area contributed by atoms with Crippen molar-refractivity contribution in [3.63, 3.8) is 0 Å². The number of sulfonamides is 1. The lowest BCUT2D eigenvalue weighted by Gasteiger charge is -2.14. The molecule has 0 saturated carbocycles. The van der Waals surface area contributed by atoms with Crippen molar-refractivity contribution in [2.45, 2.75) is 57.8 Å². The molecule has 0 radical (unpaired) electrons. The second-order valence-electron chi connectivity index (χ2n) is 8.76. The molecule has 0 atom stereocenters. The van der Waals surface area contributed by atoms with E-state index in [-0.39, 0.29) is 16.6 Å². The van der Waals surface area contributed by atoms with Gasteiger partial charge in [-0.3, -0.25) is 0 Å². The second-order valence-corrected chi connectivity index (χ2v) is 10.4. The van der Waals surface area contributed by atoms with Gasteiger partial charge in [0.25, 0.3) is 10.0 Å². The van der Waals surface area contributed by atoms with Crippen molar-refractivity contribution in [3.8, 4) is 5.75 Å². The van der Waals surface area contributed by atoms with Crippen LogP contribution in [0.15, 0.2) is 62.9 Å². The Bertz CT molecular complexity index is 1360. The van der Waals surface area contributed by atoms with Crippen molar-refractivity contribution in [2.75, 3.05) is 0 Å². The molecule has 4 rings (SSSR count). The largest absolute Gasteiger partial charge is 0.453 e. The summed E-state index contributed by atoms with van der Waals surface area (Å²) in [6, 6.07) is 13.8.